The van der Waals surface area contributed by atoms with Crippen molar-refractivity contribution in [3.63, 3.8) is 0 Å². The van der Waals surface area contributed by atoms with Crippen molar-refractivity contribution in [1.82, 2.24) is 4.90 Å². The van der Waals surface area contributed by atoms with Gasteiger partial charge in [0.05, 0.1) is 26.3 Å². The number of rotatable bonds is 6. The average Bonchev–Trinajstić information content (AvgIpc) is 2.13. The van der Waals surface area contributed by atoms with E-state index in [2.05, 4.69) is 11.0 Å². The van der Waals surface area contributed by atoms with E-state index in [0.29, 0.717) is 6.54 Å². The second kappa shape index (κ2) is 10.0. The Morgan fingerprint density at radius 3 is 1.67 bits per heavy atom. The summed E-state index contributed by atoms with van der Waals surface area (Å²) in [6.45, 7) is 2.83. The van der Waals surface area contributed by atoms with E-state index in [1.807, 2.05) is 0 Å². The van der Waals surface area contributed by atoms with Gasteiger partial charge >= 0.3 is 9.05 Å². The molecule has 6 N–H and O–H groups in total. The van der Waals surface area contributed by atoms with E-state index in [4.69, 9.17) is 29.7 Å². The molecular formula is C6H17NO7Si. The molecule has 0 fully saturated rings. The van der Waals surface area contributed by atoms with Crippen molar-refractivity contribution >= 4 is 9.05 Å². The minimum Gasteiger partial charge on any atom is -0.488 e. The highest BCUT2D eigenvalue weighted by Crippen LogP contribution is 1.85. The summed E-state index contributed by atoms with van der Waals surface area (Å²) in [7, 11) is -4.28. The summed E-state index contributed by atoms with van der Waals surface area (Å²) in [4.78, 5) is 25.2. The second-order valence-electron chi connectivity index (χ2n) is 2.26. The summed E-state index contributed by atoms with van der Waals surface area (Å²) in [5, 5.41) is 24.9. The van der Waals surface area contributed by atoms with Gasteiger partial charge in [-0.15, -0.1) is 0 Å². The number of nitrogens with zero attached hydrogens (tertiary/aromatic N) is 1. The molecule has 0 unspecified atom stereocenters. The van der Waals surface area contributed by atoms with Crippen LogP contribution in [0.5, 0.6) is 0 Å². The van der Waals surface area contributed by atoms with Gasteiger partial charge in [-0.25, -0.2) is 0 Å². The van der Waals surface area contributed by atoms with Gasteiger partial charge in [0.25, 0.3) is 0 Å². The van der Waals surface area contributed by atoms with Crippen molar-refractivity contribution in [1.29, 1.82) is 0 Å². The van der Waals surface area contributed by atoms with Gasteiger partial charge in [0.15, 0.2) is 0 Å². The maximum absolute atomic E-state index is 8.31. The van der Waals surface area contributed by atoms with Gasteiger partial charge in [-0.1, -0.05) is 6.58 Å². The van der Waals surface area contributed by atoms with Crippen molar-refractivity contribution < 1.29 is 34.1 Å². The Balaban J connectivity index is 0. The fourth-order valence-corrected chi connectivity index (χ4v) is 0.663. The van der Waals surface area contributed by atoms with Crippen LogP contribution in [0.3, 0.4) is 0 Å². The lowest BCUT2D eigenvalue weighted by molar-refractivity contribution is 0.0184. The monoisotopic (exact) mass is 243 g/mol. The summed E-state index contributed by atoms with van der Waals surface area (Å²) >= 11 is 0. The van der Waals surface area contributed by atoms with Crippen LogP contribution in [0.25, 0.3) is 0 Å². The first-order valence-electron chi connectivity index (χ1n) is 3.92. The minimum atomic E-state index is -4.28. The van der Waals surface area contributed by atoms with Crippen LogP contribution in [0, 0.1) is 0 Å². The maximum Gasteiger partial charge on any atom is 0.740 e. The third-order valence-corrected chi connectivity index (χ3v) is 1.54. The molecule has 0 spiro atoms. The zero-order chi connectivity index (χ0) is 12.3. The Hall–Kier alpha value is -0.523. The average molecular weight is 243 g/mol. The molecule has 0 aromatic carbocycles. The minimum absolute atomic E-state index is 0.0406. The second-order valence-corrected chi connectivity index (χ2v) is 3.64. The molecule has 0 saturated carbocycles. The molecule has 0 aromatic heterocycles. The Morgan fingerprint density at radius 2 is 1.60 bits per heavy atom. The molecule has 0 amide bonds. The largest absolute Gasteiger partial charge is 0.740 e. The van der Waals surface area contributed by atoms with Crippen LogP contribution in [0.2, 0.25) is 0 Å². The quantitative estimate of drug-likeness (QED) is 0.163. The number of aliphatic hydroxyl groups is 3. The Kier molecular flexibility index (Phi) is 11.3. The first kappa shape index (κ1) is 16.9. The van der Waals surface area contributed by atoms with Crippen LogP contribution in [0.15, 0.2) is 12.8 Å². The van der Waals surface area contributed by atoms with Gasteiger partial charge in [-0.2, -0.15) is 0 Å². The zero-order valence-corrected chi connectivity index (χ0v) is 9.15. The summed E-state index contributed by atoms with van der Waals surface area (Å²) in [6, 6.07) is 0. The molecule has 0 atom stereocenters. The molecule has 92 valence electrons. The molecular weight excluding hydrogens is 226 g/mol. The molecule has 9 heteroatoms. The van der Waals surface area contributed by atoms with Crippen LogP contribution in [-0.4, -0.2) is 70.3 Å². The number of aliphatic hydroxyl groups excluding tert-OH is 3. The summed E-state index contributed by atoms with van der Waals surface area (Å²) < 4.78 is 3.80. The van der Waals surface area contributed by atoms with Gasteiger partial charge in [-0.3, -0.25) is 4.90 Å². The highest BCUT2D eigenvalue weighted by molar-refractivity contribution is 6.48. The molecule has 8 nitrogen and oxygen atoms in total. The van der Waals surface area contributed by atoms with E-state index < -0.39 is 9.05 Å². The molecule has 0 aliphatic rings. The van der Waals surface area contributed by atoms with E-state index in [1.54, 1.807) is 0 Å². The van der Waals surface area contributed by atoms with Gasteiger partial charge in [-0.05, 0) is 0 Å². The lowest BCUT2D eigenvalue weighted by Crippen LogP contribution is -2.36. The van der Waals surface area contributed by atoms with Gasteiger partial charge in [0, 0.05) is 6.54 Å². The third kappa shape index (κ3) is 16.2. The first-order valence-corrected chi connectivity index (χ1v) is 5.67. The van der Waals surface area contributed by atoms with E-state index in [0.717, 1.165) is 6.26 Å². The molecule has 0 aliphatic heterocycles. The molecule has 0 bridgehead atoms. The van der Waals surface area contributed by atoms with Gasteiger partial charge < -0.3 is 34.1 Å². The smallest absolute Gasteiger partial charge is 0.488 e. The van der Waals surface area contributed by atoms with Crippen molar-refractivity contribution in [3.05, 3.63) is 12.8 Å². The summed E-state index contributed by atoms with van der Waals surface area (Å²) in [6.07, 6.45) is 0.770. The Morgan fingerprint density at radius 1 is 1.13 bits per heavy atom. The molecule has 0 rings (SSSR count). The molecule has 0 heterocycles. The lowest BCUT2D eigenvalue weighted by Gasteiger charge is -2.12. The first-order chi connectivity index (χ1) is 6.91. The van der Waals surface area contributed by atoms with E-state index in [-0.39, 0.29) is 20.1 Å². The van der Waals surface area contributed by atoms with Gasteiger partial charge in [0.1, 0.15) is 0 Å². The van der Waals surface area contributed by atoms with Crippen molar-refractivity contribution in [2.75, 3.05) is 26.6 Å². The fraction of sp³-hybridized carbons (Fsp3) is 0.667. The topological polar surface area (TPSA) is 134 Å². The molecule has 0 radical (unpaired) electrons. The summed E-state index contributed by atoms with van der Waals surface area (Å²) in [5.74, 6) is 0. The highest BCUT2D eigenvalue weighted by Gasteiger charge is 2.31. The van der Waals surface area contributed by atoms with Crippen LogP contribution < -0.4 is 0 Å². The Bertz CT molecular complexity index is 147. The fourth-order valence-electron chi connectivity index (χ4n) is 0.439. The Labute approximate surface area is 88.4 Å². The van der Waals surface area contributed by atoms with Crippen molar-refractivity contribution in [3.8, 4) is 0 Å². The highest BCUT2D eigenvalue weighted by atomic mass is 28.4. The predicted octanol–water partition coefficient (Wildman–Crippen LogP) is -3.26. The zero-order valence-electron chi connectivity index (χ0n) is 8.15. The van der Waals surface area contributed by atoms with Crippen LogP contribution >= 0.6 is 0 Å². The number of hydrogen-bond acceptors (Lipinski definition) is 8. The standard InChI is InChI=1S/C4H11NO3.C2H6O4Si/c6-2-1-5(3-7)4-8;1-2-6-7(3,4)5/h6-8H,1-4H2;2-5H,1H2. The van der Waals surface area contributed by atoms with E-state index >= 15 is 0 Å². The molecule has 15 heavy (non-hydrogen) atoms. The van der Waals surface area contributed by atoms with Gasteiger partial charge in [0.2, 0.25) is 0 Å². The van der Waals surface area contributed by atoms with E-state index in [1.165, 1.54) is 4.90 Å². The summed E-state index contributed by atoms with van der Waals surface area (Å²) in [5.41, 5.74) is 0. The predicted molar refractivity (Wildman–Crippen MR) is 51.7 cm³/mol. The molecule has 0 aliphatic carbocycles. The maximum atomic E-state index is 8.31. The van der Waals surface area contributed by atoms with Crippen LogP contribution in [-0.2, 0) is 4.43 Å². The van der Waals surface area contributed by atoms with Crippen molar-refractivity contribution in [2.45, 2.75) is 0 Å². The van der Waals surface area contributed by atoms with Crippen molar-refractivity contribution in [2.24, 2.45) is 0 Å². The third-order valence-electron chi connectivity index (χ3n) is 1.06. The molecule has 0 aromatic rings. The lowest BCUT2D eigenvalue weighted by atomic mass is 10.6. The normalized spacial score (nSPS) is 10.6. The van der Waals surface area contributed by atoms with Crippen LogP contribution in [0.4, 0.5) is 0 Å². The SMILES string of the molecule is C=CO[Si](O)(O)O.OCCN(CO)CO. The van der Waals surface area contributed by atoms with Crippen LogP contribution in [0.1, 0.15) is 0 Å². The van der Waals surface area contributed by atoms with E-state index in [9.17, 15) is 0 Å². The number of hydrogen-bond donors (Lipinski definition) is 6. The molecule has 0 saturated heterocycles.